The molecule has 6 heteroatoms. The smallest absolute Gasteiger partial charge is 0.267 e. The minimum atomic E-state index is -0.0257. The van der Waals surface area contributed by atoms with Gasteiger partial charge in [0.25, 0.3) is 5.91 Å². The lowest BCUT2D eigenvalue weighted by Gasteiger charge is -2.15. The molecule has 18 heavy (non-hydrogen) atoms. The van der Waals surface area contributed by atoms with Crippen molar-refractivity contribution in [1.82, 2.24) is 9.88 Å². The summed E-state index contributed by atoms with van der Waals surface area (Å²) in [4.78, 5) is 18.7. The van der Waals surface area contributed by atoms with Crippen LogP contribution in [0.4, 0.5) is 10.9 Å². The summed E-state index contributed by atoms with van der Waals surface area (Å²) in [5.41, 5.74) is 5.82. The van der Waals surface area contributed by atoms with Gasteiger partial charge in [0.05, 0.1) is 0 Å². The zero-order valence-electron chi connectivity index (χ0n) is 10.9. The Hall–Kier alpha value is -1.30. The van der Waals surface area contributed by atoms with Gasteiger partial charge in [0.1, 0.15) is 10.7 Å². The molecular formula is C12H20N4OS. The number of hydrogen-bond acceptors (Lipinski definition) is 5. The highest BCUT2D eigenvalue weighted by Crippen LogP contribution is 2.31. The molecule has 3 N–H and O–H groups in total. The summed E-state index contributed by atoms with van der Waals surface area (Å²) < 4.78 is 0. The van der Waals surface area contributed by atoms with Crippen LogP contribution < -0.4 is 11.1 Å². The summed E-state index contributed by atoms with van der Waals surface area (Å²) >= 11 is 1.36. The number of rotatable bonds is 6. The van der Waals surface area contributed by atoms with Crippen LogP contribution in [0.5, 0.6) is 0 Å². The van der Waals surface area contributed by atoms with Crippen LogP contribution in [0.3, 0.4) is 0 Å². The van der Waals surface area contributed by atoms with Crippen LogP contribution in [0.25, 0.3) is 0 Å². The van der Waals surface area contributed by atoms with E-state index in [0.29, 0.717) is 16.7 Å². The normalized spacial score (nSPS) is 14.6. The number of amides is 1. The van der Waals surface area contributed by atoms with Crippen LogP contribution in [-0.2, 0) is 0 Å². The second-order valence-electron chi connectivity index (χ2n) is 4.73. The molecular weight excluding hydrogens is 248 g/mol. The van der Waals surface area contributed by atoms with Crippen molar-refractivity contribution in [3.63, 3.8) is 0 Å². The number of aromatic nitrogens is 1. The maximum Gasteiger partial charge on any atom is 0.267 e. The topological polar surface area (TPSA) is 71.2 Å². The number of carbonyl (C=O) groups excluding carboxylic acids is 1. The number of unbranched alkanes of at least 4 members (excludes halogenated alkanes) is 1. The van der Waals surface area contributed by atoms with Gasteiger partial charge in [0.15, 0.2) is 5.13 Å². The fourth-order valence-corrected chi connectivity index (χ4v) is 2.58. The highest BCUT2D eigenvalue weighted by Gasteiger charge is 2.25. The number of carbonyl (C=O) groups is 1. The van der Waals surface area contributed by atoms with Crippen molar-refractivity contribution in [1.29, 1.82) is 0 Å². The third kappa shape index (κ3) is 3.13. The van der Waals surface area contributed by atoms with Crippen LogP contribution >= 0.6 is 11.3 Å². The lowest BCUT2D eigenvalue weighted by atomic mass is 10.3. The zero-order chi connectivity index (χ0) is 13.1. The molecule has 1 fully saturated rings. The first-order valence-electron chi connectivity index (χ1n) is 6.40. The average Bonchev–Trinajstić information content (AvgIpc) is 3.08. The van der Waals surface area contributed by atoms with Gasteiger partial charge < -0.3 is 16.0 Å². The quantitative estimate of drug-likeness (QED) is 0.829. The number of thiazole rings is 1. The summed E-state index contributed by atoms with van der Waals surface area (Å²) in [5.74, 6) is 0.318. The highest BCUT2D eigenvalue weighted by atomic mass is 32.1. The first-order valence-corrected chi connectivity index (χ1v) is 7.21. The Morgan fingerprint density at radius 2 is 2.33 bits per heavy atom. The number of anilines is 2. The van der Waals surface area contributed by atoms with Crippen molar-refractivity contribution in [2.45, 2.75) is 38.6 Å². The van der Waals surface area contributed by atoms with E-state index in [9.17, 15) is 4.79 Å². The maximum absolute atomic E-state index is 12.2. The third-order valence-corrected chi connectivity index (χ3v) is 3.94. The summed E-state index contributed by atoms with van der Waals surface area (Å²) in [6, 6.07) is 0.524. The number of nitrogen functional groups attached to an aromatic ring is 1. The second kappa shape index (κ2) is 5.56. The lowest BCUT2D eigenvalue weighted by molar-refractivity contribution is 0.0799. The van der Waals surface area contributed by atoms with E-state index in [1.165, 1.54) is 24.2 Å². The van der Waals surface area contributed by atoms with Crippen LogP contribution in [0.15, 0.2) is 0 Å². The number of hydrogen-bond donors (Lipinski definition) is 2. The van der Waals surface area contributed by atoms with E-state index in [0.717, 1.165) is 24.5 Å². The molecule has 1 heterocycles. The molecule has 0 bridgehead atoms. The molecule has 5 nitrogen and oxygen atoms in total. The summed E-state index contributed by atoms with van der Waals surface area (Å²) in [5, 5.41) is 4.04. The maximum atomic E-state index is 12.2. The summed E-state index contributed by atoms with van der Waals surface area (Å²) in [6.45, 7) is 2.87. The molecule has 0 radical (unpaired) electrons. The Bertz CT molecular complexity index is 428. The van der Waals surface area contributed by atoms with Crippen molar-refractivity contribution in [2.75, 3.05) is 24.6 Å². The molecule has 0 saturated heterocycles. The zero-order valence-corrected chi connectivity index (χ0v) is 11.7. The van der Waals surface area contributed by atoms with Crippen LogP contribution in [0, 0.1) is 0 Å². The van der Waals surface area contributed by atoms with Gasteiger partial charge in [-0.3, -0.25) is 4.79 Å². The first-order chi connectivity index (χ1) is 8.61. The fraction of sp³-hybridized carbons (Fsp3) is 0.667. The largest absolute Gasteiger partial charge is 0.382 e. The molecule has 0 unspecified atom stereocenters. The molecule has 1 aromatic heterocycles. The second-order valence-corrected chi connectivity index (χ2v) is 5.73. The highest BCUT2D eigenvalue weighted by molar-refractivity contribution is 7.18. The predicted octanol–water partition coefficient (Wildman–Crippen LogP) is 2.17. The number of nitrogens with zero attached hydrogens (tertiary/aromatic N) is 2. The van der Waals surface area contributed by atoms with Crippen LogP contribution in [0.2, 0.25) is 0 Å². The molecule has 1 aromatic rings. The van der Waals surface area contributed by atoms with E-state index in [-0.39, 0.29) is 5.91 Å². The lowest BCUT2D eigenvalue weighted by Crippen LogP contribution is -2.27. The molecule has 1 aliphatic rings. The Kier molecular flexibility index (Phi) is 4.06. The molecule has 1 aliphatic carbocycles. The van der Waals surface area contributed by atoms with Gasteiger partial charge in [-0.1, -0.05) is 24.7 Å². The Balaban J connectivity index is 2.01. The first kappa shape index (κ1) is 13.1. The number of nitrogens with one attached hydrogen (secondary N) is 1. The standard InChI is InChI=1S/C12H20N4OS/c1-3-4-7-16(2)11(17)9-10(13)15-12(18-9)14-8-5-6-8/h8H,3-7,13H2,1-2H3,(H,14,15). The van der Waals surface area contributed by atoms with Gasteiger partial charge in [0.2, 0.25) is 0 Å². The van der Waals surface area contributed by atoms with Crippen LogP contribution in [-0.4, -0.2) is 35.4 Å². The molecule has 0 aliphatic heterocycles. The third-order valence-electron chi connectivity index (χ3n) is 2.95. The Morgan fingerprint density at radius 3 is 2.94 bits per heavy atom. The Labute approximate surface area is 111 Å². The summed E-state index contributed by atoms with van der Waals surface area (Å²) in [6.07, 6.45) is 4.44. The van der Waals surface area contributed by atoms with E-state index in [4.69, 9.17) is 5.73 Å². The molecule has 0 atom stereocenters. The Morgan fingerprint density at radius 1 is 1.61 bits per heavy atom. The van der Waals surface area contributed by atoms with E-state index in [1.807, 2.05) is 7.05 Å². The average molecular weight is 268 g/mol. The van der Waals surface area contributed by atoms with E-state index >= 15 is 0 Å². The molecule has 0 spiro atoms. The molecule has 2 rings (SSSR count). The fourth-order valence-electron chi connectivity index (χ4n) is 1.62. The molecule has 1 amide bonds. The van der Waals surface area contributed by atoms with Gasteiger partial charge in [-0.2, -0.15) is 0 Å². The van der Waals surface area contributed by atoms with E-state index < -0.39 is 0 Å². The molecule has 100 valence electrons. The van der Waals surface area contributed by atoms with Gasteiger partial charge in [0, 0.05) is 19.6 Å². The monoisotopic (exact) mass is 268 g/mol. The SMILES string of the molecule is CCCCN(C)C(=O)c1sc(NC2CC2)nc1N. The summed E-state index contributed by atoms with van der Waals surface area (Å²) in [7, 11) is 1.81. The van der Waals surface area contributed by atoms with Crippen molar-refractivity contribution >= 4 is 28.2 Å². The molecule has 1 saturated carbocycles. The van der Waals surface area contributed by atoms with Crippen LogP contribution in [0.1, 0.15) is 42.3 Å². The van der Waals surface area contributed by atoms with E-state index in [2.05, 4.69) is 17.2 Å². The van der Waals surface area contributed by atoms with Crippen molar-refractivity contribution < 1.29 is 4.79 Å². The van der Waals surface area contributed by atoms with E-state index in [1.54, 1.807) is 4.90 Å². The van der Waals surface area contributed by atoms with Gasteiger partial charge in [-0.05, 0) is 19.3 Å². The van der Waals surface area contributed by atoms with Gasteiger partial charge in [-0.15, -0.1) is 0 Å². The van der Waals surface area contributed by atoms with Crippen molar-refractivity contribution in [3.05, 3.63) is 4.88 Å². The predicted molar refractivity (Wildman–Crippen MR) is 75.0 cm³/mol. The minimum Gasteiger partial charge on any atom is -0.382 e. The van der Waals surface area contributed by atoms with Crippen molar-refractivity contribution in [2.24, 2.45) is 0 Å². The van der Waals surface area contributed by atoms with Gasteiger partial charge in [-0.25, -0.2) is 4.98 Å². The molecule has 0 aromatic carbocycles. The number of nitrogens with two attached hydrogens (primary N) is 1. The minimum absolute atomic E-state index is 0.0257. The van der Waals surface area contributed by atoms with Gasteiger partial charge >= 0.3 is 0 Å². The van der Waals surface area contributed by atoms with Crippen molar-refractivity contribution in [3.8, 4) is 0 Å².